The summed E-state index contributed by atoms with van der Waals surface area (Å²) in [5.74, 6) is 1.04. The fraction of sp³-hybridized carbons (Fsp3) is 0.429. The number of methoxy groups -OCH3 is 1. The van der Waals surface area contributed by atoms with Gasteiger partial charge in [-0.15, -0.1) is 0 Å². The van der Waals surface area contributed by atoms with Crippen LogP contribution in [0.25, 0.3) is 11.0 Å². The predicted octanol–water partition coefficient (Wildman–Crippen LogP) is 5.09. The highest BCUT2D eigenvalue weighted by Crippen LogP contribution is 2.41. The molecular weight excluding hydrogens is 446 g/mol. The number of unbranched alkanes of at least 4 members (excludes halogenated alkanes) is 2. The van der Waals surface area contributed by atoms with Gasteiger partial charge in [0.15, 0.2) is 16.9 Å². The van der Waals surface area contributed by atoms with Crippen LogP contribution in [0, 0.1) is 0 Å². The molecule has 1 amide bonds. The third kappa shape index (κ3) is 4.41. The topological polar surface area (TPSA) is 78.2 Å². The van der Waals surface area contributed by atoms with E-state index in [0.29, 0.717) is 47.8 Å². The molecule has 7 heteroatoms. The van der Waals surface area contributed by atoms with Crippen molar-refractivity contribution in [3.05, 3.63) is 69.6 Å². The summed E-state index contributed by atoms with van der Waals surface area (Å²) in [5.41, 5.74) is 1.37. The van der Waals surface area contributed by atoms with Crippen molar-refractivity contribution in [1.29, 1.82) is 0 Å². The fourth-order valence-electron chi connectivity index (χ4n) is 5.02. The van der Waals surface area contributed by atoms with Crippen LogP contribution in [-0.2, 0) is 4.74 Å². The Morgan fingerprint density at radius 3 is 2.71 bits per heavy atom. The summed E-state index contributed by atoms with van der Waals surface area (Å²) in [7, 11) is 1.60. The number of rotatable bonds is 9. The zero-order valence-corrected chi connectivity index (χ0v) is 20.2. The first kappa shape index (κ1) is 23.4. The molecule has 1 aromatic heterocycles. The summed E-state index contributed by atoms with van der Waals surface area (Å²) in [4.78, 5) is 28.9. The van der Waals surface area contributed by atoms with Crippen LogP contribution in [-0.4, -0.2) is 43.8 Å². The van der Waals surface area contributed by atoms with Crippen LogP contribution in [0.3, 0.4) is 0 Å². The normalized spacial score (nSPS) is 19.4. The molecule has 2 aliphatic rings. The minimum Gasteiger partial charge on any atom is -0.493 e. The number of amides is 1. The molecule has 0 aliphatic carbocycles. The first-order valence-electron chi connectivity index (χ1n) is 12.4. The van der Waals surface area contributed by atoms with Gasteiger partial charge in [-0.2, -0.15) is 0 Å². The van der Waals surface area contributed by atoms with Crippen molar-refractivity contribution in [2.24, 2.45) is 0 Å². The Bertz CT molecular complexity index is 1280. The number of carbonyl (C=O) groups excluding carboxylic acids is 1. The fourth-order valence-corrected chi connectivity index (χ4v) is 5.02. The van der Waals surface area contributed by atoms with Gasteiger partial charge in [0.1, 0.15) is 5.58 Å². The lowest BCUT2D eigenvalue weighted by Gasteiger charge is -2.28. The van der Waals surface area contributed by atoms with E-state index in [1.807, 2.05) is 18.2 Å². The molecule has 2 aliphatic heterocycles. The van der Waals surface area contributed by atoms with Crippen LogP contribution in [0.5, 0.6) is 11.5 Å². The van der Waals surface area contributed by atoms with Gasteiger partial charge in [0.05, 0.1) is 36.8 Å². The van der Waals surface area contributed by atoms with Crippen LogP contribution in [0.1, 0.15) is 66.8 Å². The smallest absolute Gasteiger partial charge is 0.291 e. The molecule has 3 aromatic rings. The molecule has 1 saturated heterocycles. The highest BCUT2D eigenvalue weighted by molar-refractivity contribution is 5.99. The van der Waals surface area contributed by atoms with Gasteiger partial charge in [-0.3, -0.25) is 9.59 Å². The Hall–Kier alpha value is -3.32. The summed E-state index contributed by atoms with van der Waals surface area (Å²) < 4.78 is 23.4. The lowest BCUT2D eigenvalue weighted by atomic mass is 9.97. The number of para-hydroxylation sites is 1. The first-order valence-corrected chi connectivity index (χ1v) is 12.4. The van der Waals surface area contributed by atoms with E-state index in [9.17, 15) is 9.59 Å². The molecule has 184 valence electrons. The average molecular weight is 478 g/mol. The van der Waals surface area contributed by atoms with E-state index in [0.717, 1.165) is 37.7 Å². The number of fused-ring (bicyclic) bond motifs is 2. The van der Waals surface area contributed by atoms with Crippen molar-refractivity contribution in [2.45, 2.75) is 51.2 Å². The highest BCUT2D eigenvalue weighted by atomic mass is 16.5. The molecule has 0 N–H and O–H groups in total. The monoisotopic (exact) mass is 477 g/mol. The van der Waals surface area contributed by atoms with Gasteiger partial charge in [0.25, 0.3) is 5.91 Å². The molecular formula is C28H31NO6. The molecule has 0 unspecified atom stereocenters. The largest absolute Gasteiger partial charge is 0.493 e. The molecule has 2 atom stereocenters. The Kier molecular flexibility index (Phi) is 6.77. The molecule has 1 fully saturated rings. The van der Waals surface area contributed by atoms with E-state index < -0.39 is 6.04 Å². The van der Waals surface area contributed by atoms with Crippen molar-refractivity contribution in [3.8, 4) is 11.5 Å². The second kappa shape index (κ2) is 10.1. The van der Waals surface area contributed by atoms with E-state index in [1.165, 1.54) is 0 Å². The van der Waals surface area contributed by atoms with E-state index in [-0.39, 0.29) is 23.2 Å². The molecule has 35 heavy (non-hydrogen) atoms. The van der Waals surface area contributed by atoms with Crippen LogP contribution >= 0.6 is 0 Å². The number of carbonyl (C=O) groups is 1. The number of ether oxygens (including phenoxy) is 3. The van der Waals surface area contributed by atoms with Crippen LogP contribution in [0.4, 0.5) is 0 Å². The van der Waals surface area contributed by atoms with Crippen LogP contribution in [0.15, 0.2) is 51.7 Å². The maximum absolute atomic E-state index is 13.6. The Morgan fingerprint density at radius 2 is 1.94 bits per heavy atom. The van der Waals surface area contributed by atoms with Gasteiger partial charge in [-0.25, -0.2) is 0 Å². The molecule has 0 radical (unpaired) electrons. The van der Waals surface area contributed by atoms with E-state index in [1.54, 1.807) is 36.3 Å². The minimum atomic E-state index is -0.592. The average Bonchev–Trinajstić information content (AvgIpc) is 3.49. The maximum Gasteiger partial charge on any atom is 0.291 e. The third-order valence-corrected chi connectivity index (χ3v) is 6.81. The number of benzene rings is 2. The quantitative estimate of drug-likeness (QED) is 0.399. The molecule has 5 rings (SSSR count). The highest BCUT2D eigenvalue weighted by Gasteiger charge is 2.44. The van der Waals surface area contributed by atoms with E-state index >= 15 is 0 Å². The second-order valence-corrected chi connectivity index (χ2v) is 9.13. The van der Waals surface area contributed by atoms with Crippen LogP contribution < -0.4 is 14.9 Å². The van der Waals surface area contributed by atoms with Crippen molar-refractivity contribution in [1.82, 2.24) is 4.90 Å². The summed E-state index contributed by atoms with van der Waals surface area (Å²) in [6.45, 7) is 3.83. The predicted molar refractivity (Wildman–Crippen MR) is 132 cm³/mol. The summed E-state index contributed by atoms with van der Waals surface area (Å²) >= 11 is 0. The van der Waals surface area contributed by atoms with Crippen molar-refractivity contribution < 1.29 is 23.4 Å². The van der Waals surface area contributed by atoms with E-state index in [4.69, 9.17) is 18.6 Å². The van der Waals surface area contributed by atoms with Crippen molar-refractivity contribution in [3.63, 3.8) is 0 Å². The summed E-state index contributed by atoms with van der Waals surface area (Å²) in [6.07, 6.45) is 4.96. The third-order valence-electron chi connectivity index (χ3n) is 6.81. The maximum atomic E-state index is 13.6. The Morgan fingerprint density at radius 1 is 1.09 bits per heavy atom. The number of nitrogens with zero attached hydrogens (tertiary/aromatic N) is 1. The number of hydrogen-bond donors (Lipinski definition) is 0. The van der Waals surface area contributed by atoms with Gasteiger partial charge in [0.2, 0.25) is 5.76 Å². The first-order chi connectivity index (χ1) is 17.1. The van der Waals surface area contributed by atoms with Crippen LogP contribution in [0.2, 0.25) is 0 Å². The standard InChI is InChI=1S/C28H31NO6/c1-3-4-7-14-34-22-13-12-18(16-23(22)32-2)25-24-26(30)20-10-5-6-11-21(20)35-27(24)28(31)29(25)17-19-9-8-15-33-19/h5-6,10-13,16,19,25H,3-4,7-9,14-15,17H2,1-2H3/t19-,25+/m0/s1. The SMILES string of the molecule is CCCCCOc1ccc([C@@H]2c3c(oc4ccccc4c3=O)C(=O)N2C[C@@H]2CCCO2)cc1OC. The molecule has 0 saturated carbocycles. The molecule has 7 nitrogen and oxygen atoms in total. The lowest BCUT2D eigenvalue weighted by molar-refractivity contribution is 0.0486. The minimum absolute atomic E-state index is 0.0663. The zero-order chi connectivity index (χ0) is 24.4. The van der Waals surface area contributed by atoms with Gasteiger partial charge < -0.3 is 23.5 Å². The molecule has 0 spiro atoms. The Labute approximate surface area is 204 Å². The lowest BCUT2D eigenvalue weighted by Crippen LogP contribution is -2.36. The van der Waals surface area contributed by atoms with Gasteiger partial charge in [-0.1, -0.05) is 38.0 Å². The van der Waals surface area contributed by atoms with E-state index in [2.05, 4.69) is 6.92 Å². The second-order valence-electron chi connectivity index (χ2n) is 9.13. The van der Waals surface area contributed by atoms with Crippen molar-refractivity contribution in [2.75, 3.05) is 26.9 Å². The van der Waals surface area contributed by atoms with Crippen molar-refractivity contribution >= 4 is 16.9 Å². The number of hydrogen-bond acceptors (Lipinski definition) is 6. The molecule has 0 bridgehead atoms. The van der Waals surface area contributed by atoms with Gasteiger partial charge >= 0.3 is 0 Å². The molecule has 2 aromatic carbocycles. The summed E-state index contributed by atoms with van der Waals surface area (Å²) in [6, 6.07) is 12.1. The Balaban J connectivity index is 1.57. The summed E-state index contributed by atoms with van der Waals surface area (Å²) in [5, 5.41) is 0.464. The zero-order valence-electron chi connectivity index (χ0n) is 20.2. The molecule has 3 heterocycles. The van der Waals surface area contributed by atoms with Gasteiger partial charge in [-0.05, 0) is 49.1 Å². The van der Waals surface area contributed by atoms with Gasteiger partial charge in [0, 0.05) is 13.2 Å².